The molecule has 5 nitrogen and oxygen atoms in total. The molecule has 0 atom stereocenters. The molecular formula is C16H13O5S. The van der Waals surface area contributed by atoms with Gasteiger partial charge in [-0.3, -0.25) is 0 Å². The van der Waals surface area contributed by atoms with Crippen molar-refractivity contribution < 1.29 is 23.8 Å². The maximum Gasteiger partial charge on any atom is 0.347 e. The maximum absolute atomic E-state index is 12.0. The molecular weight excluding hydrogens is 304 g/mol. The van der Waals surface area contributed by atoms with Gasteiger partial charge in [0.05, 0.1) is 30.2 Å². The average molecular weight is 317 g/mol. The molecule has 0 saturated heterocycles. The van der Waals surface area contributed by atoms with Gasteiger partial charge in [0.25, 0.3) is 0 Å². The Hall–Kier alpha value is -2.60. The molecule has 1 radical (unpaired) electrons. The summed E-state index contributed by atoms with van der Waals surface area (Å²) in [7, 11) is 3.01. The zero-order chi connectivity index (χ0) is 16.1. The summed E-state index contributed by atoms with van der Waals surface area (Å²) in [5.74, 6) is -0.416. The predicted molar refractivity (Wildman–Crippen MR) is 81.6 cm³/mol. The first kappa shape index (κ1) is 15.8. The highest BCUT2D eigenvalue weighted by atomic mass is 32.1. The zero-order valence-corrected chi connectivity index (χ0v) is 12.8. The number of hydrogen-bond acceptors (Lipinski definition) is 5. The molecule has 2 aromatic carbocycles. The number of rotatable bonds is 4. The first-order chi connectivity index (χ1) is 10.5. The molecule has 0 aliphatic rings. The van der Waals surface area contributed by atoms with Crippen LogP contribution in [0.4, 0.5) is 0 Å². The molecule has 113 valence electrons. The third kappa shape index (κ3) is 3.53. The lowest BCUT2D eigenvalue weighted by Gasteiger charge is -2.07. The van der Waals surface area contributed by atoms with E-state index in [9.17, 15) is 9.59 Å². The van der Waals surface area contributed by atoms with Gasteiger partial charge in [0, 0.05) is 0 Å². The smallest absolute Gasteiger partial charge is 0.347 e. The van der Waals surface area contributed by atoms with Crippen molar-refractivity contribution in [3.8, 4) is 11.5 Å². The molecule has 0 aliphatic carbocycles. The second-order valence-electron chi connectivity index (χ2n) is 4.27. The van der Waals surface area contributed by atoms with Gasteiger partial charge < -0.3 is 14.2 Å². The van der Waals surface area contributed by atoms with Crippen LogP contribution in [0.15, 0.2) is 47.4 Å². The van der Waals surface area contributed by atoms with Crippen molar-refractivity contribution in [2.24, 2.45) is 0 Å². The van der Waals surface area contributed by atoms with Crippen LogP contribution in [0, 0.1) is 0 Å². The number of carbonyl (C=O) groups is 2. The molecule has 0 unspecified atom stereocenters. The van der Waals surface area contributed by atoms with E-state index in [1.54, 1.807) is 18.2 Å². The molecule has 0 spiro atoms. The van der Waals surface area contributed by atoms with Crippen LogP contribution in [0.1, 0.15) is 20.7 Å². The minimum Gasteiger partial charge on any atom is -0.497 e. The highest BCUT2D eigenvalue weighted by Gasteiger charge is 2.18. The largest absolute Gasteiger partial charge is 0.497 e. The number of benzene rings is 2. The van der Waals surface area contributed by atoms with Crippen LogP contribution in [0.3, 0.4) is 0 Å². The van der Waals surface area contributed by atoms with Crippen molar-refractivity contribution in [2.45, 2.75) is 4.90 Å². The Morgan fingerprint density at radius 1 is 0.864 bits per heavy atom. The Bertz CT molecular complexity index is 694. The van der Waals surface area contributed by atoms with E-state index in [0.717, 1.165) is 0 Å². The van der Waals surface area contributed by atoms with Gasteiger partial charge in [0.1, 0.15) is 11.5 Å². The molecule has 6 heteroatoms. The number of carbonyl (C=O) groups excluding carboxylic acids is 2. The average Bonchev–Trinajstić information content (AvgIpc) is 2.54. The summed E-state index contributed by atoms with van der Waals surface area (Å²) in [6.45, 7) is 0. The maximum atomic E-state index is 12.0. The summed E-state index contributed by atoms with van der Waals surface area (Å²) in [5, 5.41) is 0. The molecule has 0 bridgehead atoms. The third-order valence-corrected chi connectivity index (χ3v) is 3.26. The summed E-state index contributed by atoms with van der Waals surface area (Å²) in [5.41, 5.74) is 0.381. The number of ether oxygens (including phenoxy) is 3. The van der Waals surface area contributed by atoms with Gasteiger partial charge in [0.15, 0.2) is 0 Å². The number of hydrogen-bond donors (Lipinski definition) is 0. The minimum absolute atomic E-state index is 0.137. The molecule has 0 aliphatic heterocycles. The lowest BCUT2D eigenvalue weighted by Crippen LogP contribution is -2.13. The number of esters is 2. The lowest BCUT2D eigenvalue weighted by molar-refractivity contribution is 0.0395. The van der Waals surface area contributed by atoms with Gasteiger partial charge in [-0.25, -0.2) is 9.59 Å². The first-order valence-corrected chi connectivity index (χ1v) is 6.71. The van der Waals surface area contributed by atoms with Gasteiger partial charge in [-0.15, -0.1) is 0 Å². The van der Waals surface area contributed by atoms with Crippen LogP contribution >= 0.6 is 12.6 Å². The van der Waals surface area contributed by atoms with Crippen molar-refractivity contribution in [1.29, 1.82) is 0 Å². The summed E-state index contributed by atoms with van der Waals surface area (Å²) in [4.78, 5) is 24.2. The molecule has 0 N–H and O–H groups in total. The summed E-state index contributed by atoms with van der Waals surface area (Å²) in [6, 6.07) is 10.8. The Morgan fingerprint density at radius 2 is 1.45 bits per heavy atom. The van der Waals surface area contributed by atoms with Gasteiger partial charge in [-0.1, -0.05) is 12.6 Å². The third-order valence-electron chi connectivity index (χ3n) is 2.92. The van der Waals surface area contributed by atoms with Crippen LogP contribution in [0.5, 0.6) is 11.5 Å². The van der Waals surface area contributed by atoms with Crippen LogP contribution in [0.25, 0.3) is 0 Å². The van der Waals surface area contributed by atoms with Gasteiger partial charge in [-0.2, -0.15) is 0 Å². The highest BCUT2D eigenvalue weighted by molar-refractivity contribution is 7.80. The monoisotopic (exact) mass is 317 g/mol. The molecule has 0 aromatic heterocycles. The van der Waals surface area contributed by atoms with Crippen molar-refractivity contribution in [2.75, 3.05) is 14.2 Å². The fourth-order valence-corrected chi connectivity index (χ4v) is 1.99. The Labute approximate surface area is 133 Å². The Balaban J connectivity index is 2.12. The SMILES string of the molecule is COc1ccc(C(=O)OC(=O)c2ccc(OC)cc2[S])cc1. The lowest BCUT2D eigenvalue weighted by atomic mass is 10.2. The van der Waals surface area contributed by atoms with Crippen molar-refractivity contribution >= 4 is 24.6 Å². The predicted octanol–water partition coefficient (Wildman–Crippen LogP) is 3.26. The molecule has 0 amide bonds. The van der Waals surface area contributed by atoms with Crippen LogP contribution < -0.4 is 9.47 Å². The fraction of sp³-hybridized carbons (Fsp3) is 0.125. The summed E-state index contributed by atoms with van der Waals surface area (Å²) < 4.78 is 14.8. The van der Waals surface area contributed by atoms with E-state index in [2.05, 4.69) is 0 Å². The summed E-state index contributed by atoms with van der Waals surface area (Å²) >= 11 is 5.08. The van der Waals surface area contributed by atoms with Crippen molar-refractivity contribution in [3.05, 3.63) is 53.6 Å². The van der Waals surface area contributed by atoms with Gasteiger partial charge >= 0.3 is 11.9 Å². The molecule has 2 aromatic rings. The zero-order valence-electron chi connectivity index (χ0n) is 12.0. The Morgan fingerprint density at radius 3 is 2.00 bits per heavy atom. The fourth-order valence-electron chi connectivity index (χ4n) is 1.72. The van der Waals surface area contributed by atoms with Crippen molar-refractivity contribution in [3.63, 3.8) is 0 Å². The standard InChI is InChI=1S/C16H13O5S/c1-19-11-5-3-10(4-6-11)15(17)21-16(18)13-8-7-12(20-2)9-14(13)22/h3-9H,1-2H3. The second-order valence-corrected chi connectivity index (χ2v) is 4.71. The minimum atomic E-state index is -0.798. The van der Waals surface area contributed by atoms with Crippen LogP contribution in [-0.4, -0.2) is 26.2 Å². The summed E-state index contributed by atoms with van der Waals surface area (Å²) in [6.07, 6.45) is 0. The van der Waals surface area contributed by atoms with Crippen LogP contribution in [0.2, 0.25) is 0 Å². The van der Waals surface area contributed by atoms with Crippen molar-refractivity contribution in [1.82, 2.24) is 0 Å². The molecule has 22 heavy (non-hydrogen) atoms. The van der Waals surface area contributed by atoms with E-state index in [4.69, 9.17) is 26.8 Å². The second kappa shape index (κ2) is 6.91. The number of methoxy groups -OCH3 is 2. The van der Waals surface area contributed by atoms with E-state index in [1.165, 1.54) is 38.5 Å². The normalized spacial score (nSPS) is 9.91. The highest BCUT2D eigenvalue weighted by Crippen LogP contribution is 2.22. The quantitative estimate of drug-likeness (QED) is 0.640. The van der Waals surface area contributed by atoms with E-state index in [0.29, 0.717) is 11.5 Å². The van der Waals surface area contributed by atoms with Crippen LogP contribution in [-0.2, 0) is 4.74 Å². The van der Waals surface area contributed by atoms with E-state index in [-0.39, 0.29) is 16.0 Å². The topological polar surface area (TPSA) is 61.8 Å². The van der Waals surface area contributed by atoms with E-state index < -0.39 is 11.9 Å². The van der Waals surface area contributed by atoms with Gasteiger partial charge in [-0.05, 0) is 42.5 Å². The Kier molecular flexibility index (Phi) is 4.95. The molecule has 0 heterocycles. The molecule has 0 fully saturated rings. The first-order valence-electron chi connectivity index (χ1n) is 6.30. The molecule has 0 saturated carbocycles. The van der Waals surface area contributed by atoms with E-state index in [1.807, 2.05) is 0 Å². The van der Waals surface area contributed by atoms with E-state index >= 15 is 0 Å². The molecule has 2 rings (SSSR count). The van der Waals surface area contributed by atoms with Gasteiger partial charge in [0.2, 0.25) is 0 Å².